The Bertz CT molecular complexity index is 721. The highest BCUT2D eigenvalue weighted by Crippen LogP contribution is 2.46. The van der Waals surface area contributed by atoms with E-state index in [9.17, 15) is 0 Å². The molecule has 3 heteroatoms. The highest BCUT2D eigenvalue weighted by atomic mass is 16.5. The molecule has 0 N–H and O–H groups in total. The van der Waals surface area contributed by atoms with Crippen LogP contribution in [0.5, 0.6) is 0 Å². The molecular formula is C30H49NO2. The van der Waals surface area contributed by atoms with Crippen molar-refractivity contribution in [2.45, 2.75) is 128 Å². The van der Waals surface area contributed by atoms with Gasteiger partial charge in [0, 0.05) is 24.1 Å². The van der Waals surface area contributed by atoms with Gasteiger partial charge in [0.1, 0.15) is 0 Å². The molecule has 2 saturated heterocycles. The van der Waals surface area contributed by atoms with Gasteiger partial charge in [0.15, 0.2) is 0 Å². The Hall–Kier alpha value is -0.900. The average molecular weight is 456 g/mol. The lowest BCUT2D eigenvalue weighted by Crippen LogP contribution is -2.60. The van der Waals surface area contributed by atoms with Crippen molar-refractivity contribution >= 4 is 0 Å². The molecule has 0 amide bonds. The third-order valence-corrected chi connectivity index (χ3v) is 9.17. The summed E-state index contributed by atoms with van der Waals surface area (Å²) < 4.78 is 12.0. The Labute approximate surface area is 203 Å². The number of likely N-dealkylation sites (tertiary alicyclic amines) is 1. The van der Waals surface area contributed by atoms with Gasteiger partial charge in [-0.15, -0.1) is 0 Å². The van der Waals surface area contributed by atoms with E-state index in [2.05, 4.69) is 63.8 Å². The van der Waals surface area contributed by atoms with E-state index in [1.165, 1.54) is 75.5 Å². The van der Waals surface area contributed by atoms with Gasteiger partial charge in [0.2, 0.25) is 0 Å². The molecule has 0 radical (unpaired) electrons. The first-order valence-electron chi connectivity index (χ1n) is 13.8. The average Bonchev–Trinajstić information content (AvgIpc) is 2.81. The first-order valence-corrected chi connectivity index (χ1v) is 13.8. The van der Waals surface area contributed by atoms with E-state index < -0.39 is 0 Å². The van der Waals surface area contributed by atoms with Crippen molar-refractivity contribution in [3.8, 4) is 0 Å². The first kappa shape index (κ1) is 25.2. The number of rotatable bonds is 6. The molecule has 3 fully saturated rings. The summed E-state index contributed by atoms with van der Waals surface area (Å²) in [6.45, 7) is 14.2. The number of methoxy groups -OCH3 is 1. The molecule has 3 nitrogen and oxygen atoms in total. The van der Waals surface area contributed by atoms with Gasteiger partial charge in [-0.1, -0.05) is 31.2 Å². The molecule has 0 bridgehead atoms. The van der Waals surface area contributed by atoms with Crippen LogP contribution < -0.4 is 0 Å². The number of benzene rings is 1. The molecule has 2 unspecified atom stereocenters. The summed E-state index contributed by atoms with van der Waals surface area (Å²) in [5.74, 6) is 1.95. The molecule has 1 saturated carbocycles. The minimum atomic E-state index is 0.246. The number of hydrogen-bond donors (Lipinski definition) is 0. The molecule has 2 aliphatic heterocycles. The van der Waals surface area contributed by atoms with Gasteiger partial charge in [0.25, 0.3) is 0 Å². The van der Waals surface area contributed by atoms with Crippen molar-refractivity contribution < 1.29 is 9.47 Å². The predicted octanol–water partition coefficient (Wildman–Crippen LogP) is 7.30. The van der Waals surface area contributed by atoms with Crippen LogP contribution >= 0.6 is 0 Å². The maximum absolute atomic E-state index is 6.44. The standard InChI is InChI=1S/C30H49NO2/c1-7-18-31-29(2,3)19-26(20-30(31,4)5)23-10-8-22(9-11-23)25-14-17-28(33-21-25)24-12-15-27(32-6)16-13-24/h8-11,24-28H,7,12-21H2,1-6H3. The zero-order valence-electron chi connectivity index (χ0n) is 22.2. The monoisotopic (exact) mass is 455 g/mol. The SMILES string of the molecule is CCCN1C(C)(C)CC(c2ccc(C3CCC(C4CCC(OC)CC4)OC3)cc2)CC1(C)C. The predicted molar refractivity (Wildman–Crippen MR) is 138 cm³/mol. The topological polar surface area (TPSA) is 21.7 Å². The van der Waals surface area contributed by atoms with Crippen LogP contribution in [0.25, 0.3) is 0 Å². The number of ether oxygens (including phenoxy) is 2. The highest BCUT2D eigenvalue weighted by molar-refractivity contribution is 5.29. The minimum absolute atomic E-state index is 0.246. The van der Waals surface area contributed by atoms with Gasteiger partial charge < -0.3 is 9.47 Å². The summed E-state index contributed by atoms with van der Waals surface area (Å²) in [4.78, 5) is 2.75. The Morgan fingerprint density at radius 1 is 0.848 bits per heavy atom. The van der Waals surface area contributed by atoms with Gasteiger partial charge >= 0.3 is 0 Å². The van der Waals surface area contributed by atoms with E-state index in [4.69, 9.17) is 9.47 Å². The Morgan fingerprint density at radius 2 is 1.42 bits per heavy atom. The summed E-state index contributed by atoms with van der Waals surface area (Å²) >= 11 is 0. The van der Waals surface area contributed by atoms with Crippen molar-refractivity contribution in [1.82, 2.24) is 4.90 Å². The summed E-state index contributed by atoms with van der Waals surface area (Å²) in [6.07, 6.45) is 12.1. The van der Waals surface area contributed by atoms with Crippen LogP contribution in [-0.2, 0) is 9.47 Å². The quantitative estimate of drug-likeness (QED) is 0.449. The Balaban J connectivity index is 1.34. The molecule has 1 aromatic carbocycles. The Morgan fingerprint density at radius 3 is 1.91 bits per heavy atom. The Kier molecular flexibility index (Phi) is 7.93. The zero-order chi connectivity index (χ0) is 23.6. The lowest BCUT2D eigenvalue weighted by atomic mass is 9.71. The van der Waals surface area contributed by atoms with E-state index in [1.807, 2.05) is 7.11 Å². The maximum atomic E-state index is 6.44. The summed E-state index contributed by atoms with van der Waals surface area (Å²) in [5.41, 5.74) is 3.49. The second kappa shape index (κ2) is 10.4. The lowest BCUT2D eigenvalue weighted by Gasteiger charge is -2.55. The van der Waals surface area contributed by atoms with E-state index in [-0.39, 0.29) is 11.1 Å². The molecule has 0 aromatic heterocycles. The third-order valence-electron chi connectivity index (χ3n) is 9.17. The number of nitrogens with zero attached hydrogens (tertiary/aromatic N) is 1. The second-order valence-corrected chi connectivity index (χ2v) is 12.5. The van der Waals surface area contributed by atoms with Gasteiger partial charge in [-0.25, -0.2) is 0 Å². The zero-order valence-corrected chi connectivity index (χ0v) is 22.2. The smallest absolute Gasteiger partial charge is 0.0603 e. The van der Waals surface area contributed by atoms with Crippen molar-refractivity contribution in [3.05, 3.63) is 35.4 Å². The van der Waals surface area contributed by atoms with Crippen molar-refractivity contribution in [2.75, 3.05) is 20.3 Å². The van der Waals surface area contributed by atoms with Crippen LogP contribution in [0.3, 0.4) is 0 Å². The van der Waals surface area contributed by atoms with E-state index in [0.29, 0.717) is 24.0 Å². The molecule has 1 aromatic rings. The first-order chi connectivity index (χ1) is 15.7. The van der Waals surface area contributed by atoms with Crippen LogP contribution in [0.1, 0.15) is 115 Å². The van der Waals surface area contributed by atoms with E-state index in [0.717, 1.165) is 12.5 Å². The molecule has 2 heterocycles. The second-order valence-electron chi connectivity index (χ2n) is 12.5. The van der Waals surface area contributed by atoms with Gasteiger partial charge in [-0.3, -0.25) is 4.90 Å². The molecule has 0 spiro atoms. The van der Waals surface area contributed by atoms with Crippen LogP contribution in [-0.4, -0.2) is 48.4 Å². The molecular weight excluding hydrogens is 406 g/mol. The molecule has 33 heavy (non-hydrogen) atoms. The van der Waals surface area contributed by atoms with Crippen LogP contribution in [0, 0.1) is 5.92 Å². The number of hydrogen-bond acceptors (Lipinski definition) is 3. The maximum Gasteiger partial charge on any atom is 0.0603 e. The molecule has 3 aliphatic rings. The lowest BCUT2D eigenvalue weighted by molar-refractivity contribution is -0.0532. The summed E-state index contributed by atoms with van der Waals surface area (Å²) in [6, 6.07) is 9.68. The van der Waals surface area contributed by atoms with Crippen molar-refractivity contribution in [2.24, 2.45) is 5.92 Å². The van der Waals surface area contributed by atoms with E-state index in [1.54, 1.807) is 0 Å². The van der Waals surface area contributed by atoms with Crippen LogP contribution in [0.15, 0.2) is 24.3 Å². The van der Waals surface area contributed by atoms with Crippen LogP contribution in [0.4, 0.5) is 0 Å². The van der Waals surface area contributed by atoms with Crippen LogP contribution in [0.2, 0.25) is 0 Å². The fourth-order valence-corrected chi connectivity index (χ4v) is 7.53. The fourth-order valence-electron chi connectivity index (χ4n) is 7.53. The molecule has 1 aliphatic carbocycles. The number of piperidine rings is 1. The normalized spacial score (nSPS) is 33.2. The minimum Gasteiger partial charge on any atom is -0.381 e. The molecule has 4 rings (SSSR count). The van der Waals surface area contributed by atoms with E-state index >= 15 is 0 Å². The van der Waals surface area contributed by atoms with Gasteiger partial charge in [-0.05, 0) is 115 Å². The largest absolute Gasteiger partial charge is 0.381 e. The highest BCUT2D eigenvalue weighted by Gasteiger charge is 2.45. The van der Waals surface area contributed by atoms with Gasteiger partial charge in [-0.2, -0.15) is 0 Å². The molecule has 2 atom stereocenters. The molecule has 186 valence electrons. The fraction of sp³-hybridized carbons (Fsp3) is 0.800. The summed E-state index contributed by atoms with van der Waals surface area (Å²) in [5, 5.41) is 0. The van der Waals surface area contributed by atoms with Gasteiger partial charge in [0.05, 0.1) is 18.8 Å². The van der Waals surface area contributed by atoms with Crippen molar-refractivity contribution in [3.63, 3.8) is 0 Å². The summed E-state index contributed by atoms with van der Waals surface area (Å²) in [7, 11) is 1.86. The third kappa shape index (κ3) is 5.68. The van der Waals surface area contributed by atoms with Crippen molar-refractivity contribution in [1.29, 1.82) is 0 Å².